The number of nitrogens with zero attached hydrogens (tertiary/aromatic N) is 4. The molecule has 4 N–H and O–H groups in total. The van der Waals surface area contributed by atoms with Crippen molar-refractivity contribution < 1.29 is 98.5 Å². The molecule has 4 aliphatic rings. The van der Waals surface area contributed by atoms with Gasteiger partial charge in [0.1, 0.15) is 0 Å². The quantitative estimate of drug-likeness (QED) is 0.0328. The molecule has 2 unspecified atom stereocenters. The molecule has 0 bridgehead atoms. The molecule has 2 amide bonds. The number of carbonyl (C=O) groups is 2. The van der Waals surface area contributed by atoms with Crippen molar-refractivity contribution in [3.8, 4) is 29.1 Å². The van der Waals surface area contributed by atoms with Gasteiger partial charge in [0.15, 0.2) is 23.0 Å². The topological polar surface area (TPSA) is 236 Å². The van der Waals surface area contributed by atoms with Crippen molar-refractivity contribution in [2.75, 3.05) is 17.2 Å². The molecule has 2 saturated carbocycles. The Morgan fingerprint density at radius 3 is 1.44 bits per heavy atom. The van der Waals surface area contributed by atoms with E-state index in [1.807, 2.05) is 79.3 Å². The summed E-state index contributed by atoms with van der Waals surface area (Å²) in [5.41, 5.74) is 4.64. The molecule has 11 rings (SSSR count). The first-order valence-electron chi connectivity index (χ1n) is 26.6. The number of alkyl halides is 4. The SMILES string of the molecule is CC(C)(C)c1cc2cc(NC(=O)C3(c4ccc5c(c4)OC(F)(F)O5)CC3)ccc2n1CC(O)CC#N.Cc1ccc(S(=O)(=O)OCC(O)Cn2c(C(C)(C)C)cc3cc(NC(=O)C4(c5ccc6c(c5)OC(F)(F)O6)CC4)ccc32)cc1.[C-]#N.[Na+]. The molecule has 2 fully saturated rings. The average molecular weight is 1190 g/mol. The second-order valence-electron chi connectivity index (χ2n) is 23.3. The number of aromatic nitrogens is 2. The van der Waals surface area contributed by atoms with Crippen molar-refractivity contribution in [2.24, 2.45) is 0 Å². The van der Waals surface area contributed by atoms with Gasteiger partial charge in [0.25, 0.3) is 10.1 Å². The van der Waals surface area contributed by atoms with Crippen molar-refractivity contribution in [1.29, 1.82) is 10.5 Å². The minimum Gasteiger partial charge on any atom is -0.512 e. The number of halogens is 4. The third-order valence-corrected chi connectivity index (χ3v) is 16.3. The molecular formula is C61H61F4N6NaO11S. The van der Waals surface area contributed by atoms with Gasteiger partial charge in [-0.15, -0.1) is 17.6 Å². The molecule has 84 heavy (non-hydrogen) atoms. The number of nitrogens with one attached hydrogen (secondary N) is 2. The van der Waals surface area contributed by atoms with E-state index < -0.39 is 52.4 Å². The number of ether oxygens (including phenoxy) is 4. The Kier molecular flexibility index (Phi) is 17.5. The third-order valence-electron chi connectivity index (χ3n) is 15.0. The van der Waals surface area contributed by atoms with E-state index in [1.54, 1.807) is 36.4 Å². The minimum atomic E-state index is -4.04. The Morgan fingerprint density at radius 1 is 0.643 bits per heavy atom. The van der Waals surface area contributed by atoms with Crippen LogP contribution in [0.15, 0.2) is 114 Å². The number of amides is 2. The summed E-state index contributed by atoms with van der Waals surface area (Å²) >= 11 is 0. The van der Waals surface area contributed by atoms with E-state index in [0.717, 1.165) is 38.8 Å². The summed E-state index contributed by atoms with van der Waals surface area (Å²) in [6, 6.07) is 32.2. The standard InChI is InChI=1S/C33H34F2N2O7S.C27H27F2N3O4.CN.Na/c1-20-5-9-25(10-6-20)45(40,41)42-19-24(38)18-37-26-11-8-23(15-21(26)16-29(37)31(2,3)4)36-30(39)32(13-14-32)22-7-12-27-28(17-22)44-33(34,35)43-27;1-25(2,3)23-13-16-12-18(5-6-20(16)32(23)15-19(33)8-11-30)31-24(34)26(9-10-26)17-4-7-21-22(14-17)36-27(28,29)35-21;1-2;/h5-12,15-17,24,38H,13-14,18-19H2,1-4H3,(H,36,39);4-7,12-14,19,33H,8-10,15H2,1-3H3,(H,31,34);;/q;;-1;+1. The zero-order chi connectivity index (χ0) is 60.2. The van der Waals surface area contributed by atoms with Crippen LogP contribution in [0.5, 0.6) is 23.0 Å². The normalized spacial score (nSPS) is 17.0. The van der Waals surface area contributed by atoms with Crippen LogP contribution in [0.1, 0.15) is 102 Å². The molecule has 23 heteroatoms. The summed E-state index contributed by atoms with van der Waals surface area (Å²) < 4.78 is 106. The molecule has 4 heterocycles. The molecule has 5 aromatic carbocycles. The molecule has 17 nitrogen and oxygen atoms in total. The molecule has 0 radical (unpaired) electrons. The van der Waals surface area contributed by atoms with Gasteiger partial charge in [0, 0.05) is 61.9 Å². The van der Waals surface area contributed by atoms with Gasteiger partial charge >= 0.3 is 42.1 Å². The first-order chi connectivity index (χ1) is 39.0. The number of nitriles is 1. The van der Waals surface area contributed by atoms with Gasteiger partial charge in [-0.2, -0.15) is 13.7 Å². The van der Waals surface area contributed by atoms with E-state index in [2.05, 4.69) is 50.4 Å². The summed E-state index contributed by atoms with van der Waals surface area (Å²) in [5.74, 6) is -0.779. The Hall–Kier alpha value is -7.15. The van der Waals surface area contributed by atoms with E-state index in [1.165, 1.54) is 36.4 Å². The molecular weight excluding hydrogens is 1120 g/mol. The number of fused-ring (bicyclic) bond motifs is 4. The summed E-state index contributed by atoms with van der Waals surface area (Å²) in [6.45, 7) is 18.9. The first-order valence-corrected chi connectivity index (χ1v) is 28.0. The molecule has 0 saturated heterocycles. The maximum absolute atomic E-state index is 13.5. The van der Waals surface area contributed by atoms with Gasteiger partial charge in [0.2, 0.25) is 11.8 Å². The average Bonchev–Trinajstić information content (AvgIpc) is 1.88. The monoisotopic (exact) mass is 1180 g/mol. The van der Waals surface area contributed by atoms with Crippen LogP contribution in [-0.4, -0.2) is 71.0 Å². The van der Waals surface area contributed by atoms with Gasteiger partial charge in [-0.25, -0.2) is 0 Å². The van der Waals surface area contributed by atoms with Crippen molar-refractivity contribution in [3.63, 3.8) is 0 Å². The molecule has 7 aromatic rings. The minimum absolute atomic E-state index is 0. The molecule has 0 spiro atoms. The van der Waals surface area contributed by atoms with Gasteiger partial charge < -0.3 is 60.8 Å². The van der Waals surface area contributed by atoms with Crippen LogP contribution in [0, 0.1) is 30.1 Å². The van der Waals surface area contributed by atoms with Crippen molar-refractivity contribution >= 4 is 55.1 Å². The second-order valence-corrected chi connectivity index (χ2v) is 24.9. The van der Waals surface area contributed by atoms with E-state index in [9.17, 15) is 45.8 Å². The Bertz CT molecular complexity index is 3840. The van der Waals surface area contributed by atoms with Crippen LogP contribution >= 0.6 is 0 Å². The van der Waals surface area contributed by atoms with Gasteiger partial charge in [-0.1, -0.05) is 71.4 Å². The van der Waals surface area contributed by atoms with Crippen LogP contribution in [0.2, 0.25) is 0 Å². The molecule has 2 aliphatic heterocycles. The number of hydrogen-bond acceptors (Lipinski definition) is 13. The van der Waals surface area contributed by atoms with E-state index in [-0.39, 0.29) is 93.1 Å². The molecule has 2 aromatic heterocycles. The number of rotatable bonds is 15. The van der Waals surface area contributed by atoms with Crippen LogP contribution in [-0.2, 0) is 58.6 Å². The predicted molar refractivity (Wildman–Crippen MR) is 297 cm³/mol. The molecule has 2 atom stereocenters. The maximum atomic E-state index is 13.5. The fourth-order valence-corrected chi connectivity index (χ4v) is 11.4. The Labute approximate surface area is 505 Å². The van der Waals surface area contributed by atoms with Crippen LogP contribution in [0.25, 0.3) is 21.8 Å². The van der Waals surface area contributed by atoms with E-state index >= 15 is 0 Å². The number of anilines is 2. The second kappa shape index (κ2) is 23.4. The smallest absolute Gasteiger partial charge is 0.512 e. The number of aryl methyl sites for hydroxylation is 1. The zero-order valence-electron chi connectivity index (χ0n) is 47.5. The zero-order valence-corrected chi connectivity index (χ0v) is 50.3. The Balaban J connectivity index is 0.000000215. The van der Waals surface area contributed by atoms with Gasteiger partial charge in [-0.05, 0) is 129 Å². The fraction of sp³-hybridized carbons (Fsp3) is 0.377. The first kappa shape index (κ1) is 62.9. The van der Waals surface area contributed by atoms with E-state index in [4.69, 9.17) is 21.3 Å². The third kappa shape index (κ3) is 13.2. The number of carbonyl (C=O) groups excluding carboxylic acids is 2. The van der Waals surface area contributed by atoms with Crippen molar-refractivity contribution in [2.45, 2.75) is 145 Å². The van der Waals surface area contributed by atoms with Gasteiger partial charge in [0.05, 0.1) is 53.6 Å². The predicted octanol–water partition coefficient (Wildman–Crippen LogP) is 8.31. The van der Waals surface area contributed by atoms with Gasteiger partial charge in [-0.3, -0.25) is 13.8 Å². The number of aliphatic hydroxyl groups excluding tert-OH is 2. The summed E-state index contributed by atoms with van der Waals surface area (Å²) in [6.07, 6.45) is -7.02. The van der Waals surface area contributed by atoms with Crippen molar-refractivity contribution in [3.05, 3.63) is 144 Å². The summed E-state index contributed by atoms with van der Waals surface area (Å²) in [5, 5.41) is 44.0. The van der Waals surface area contributed by atoms with E-state index in [0.29, 0.717) is 54.7 Å². The number of aliphatic hydroxyl groups is 2. The van der Waals surface area contributed by atoms with Crippen LogP contribution < -0.4 is 59.1 Å². The summed E-state index contributed by atoms with van der Waals surface area (Å²) in [7, 11) is -4.04. The maximum Gasteiger partial charge on any atom is 1.00 e. The Morgan fingerprint density at radius 2 is 1.05 bits per heavy atom. The summed E-state index contributed by atoms with van der Waals surface area (Å²) in [4.78, 5) is 26.8. The number of hydrogen-bond donors (Lipinski definition) is 4. The largest absolute Gasteiger partial charge is 1.00 e. The number of benzene rings is 5. The van der Waals surface area contributed by atoms with Crippen molar-refractivity contribution in [1.82, 2.24) is 9.13 Å². The molecule has 2 aliphatic carbocycles. The van der Waals surface area contributed by atoms with Crippen LogP contribution in [0.3, 0.4) is 0 Å². The van der Waals surface area contributed by atoms with Crippen LogP contribution in [0.4, 0.5) is 28.9 Å². The fourth-order valence-electron chi connectivity index (χ4n) is 10.5. The molecule has 436 valence electrons.